The van der Waals surface area contributed by atoms with E-state index in [1.165, 1.54) is 0 Å². The van der Waals surface area contributed by atoms with Crippen LogP contribution in [0, 0.1) is 0 Å². The van der Waals surface area contributed by atoms with Crippen LogP contribution in [0.25, 0.3) is 0 Å². The summed E-state index contributed by atoms with van der Waals surface area (Å²) in [7, 11) is 0. The van der Waals surface area contributed by atoms with Gasteiger partial charge in [0.25, 0.3) is 0 Å². The molecule has 4 heteroatoms. The van der Waals surface area contributed by atoms with Crippen LogP contribution in [0.4, 0.5) is 0 Å². The highest BCUT2D eigenvalue weighted by atomic mass is 16.3. The van der Waals surface area contributed by atoms with Gasteiger partial charge in [-0.05, 0) is 37.8 Å². The number of amidine groups is 1. The van der Waals surface area contributed by atoms with Crippen molar-refractivity contribution in [1.82, 2.24) is 0 Å². The molecular formula is C11H17N3O. The minimum atomic E-state index is 0.315. The van der Waals surface area contributed by atoms with Crippen LogP contribution in [0.15, 0.2) is 27.8 Å². The van der Waals surface area contributed by atoms with Gasteiger partial charge in [-0.3, -0.25) is 4.99 Å². The van der Waals surface area contributed by atoms with Crippen molar-refractivity contribution in [2.45, 2.75) is 37.8 Å². The van der Waals surface area contributed by atoms with Crippen molar-refractivity contribution in [3.05, 3.63) is 24.2 Å². The zero-order valence-electron chi connectivity index (χ0n) is 8.73. The van der Waals surface area contributed by atoms with Crippen LogP contribution in [-0.4, -0.2) is 17.9 Å². The van der Waals surface area contributed by atoms with E-state index in [-0.39, 0.29) is 0 Å². The summed E-state index contributed by atoms with van der Waals surface area (Å²) >= 11 is 0. The summed E-state index contributed by atoms with van der Waals surface area (Å²) in [5.74, 6) is 1.16. The monoisotopic (exact) mass is 207 g/mol. The number of aliphatic imine (C=N–C) groups is 1. The molecule has 0 aliphatic heterocycles. The molecule has 4 nitrogen and oxygen atoms in total. The predicted octanol–water partition coefficient (Wildman–Crippen LogP) is 1.25. The zero-order valence-corrected chi connectivity index (χ0v) is 8.73. The lowest BCUT2D eigenvalue weighted by atomic mass is 9.92. The molecule has 0 saturated heterocycles. The van der Waals surface area contributed by atoms with E-state index in [9.17, 15) is 0 Å². The van der Waals surface area contributed by atoms with Crippen LogP contribution in [0.2, 0.25) is 0 Å². The summed E-state index contributed by atoms with van der Waals surface area (Å²) in [6.45, 7) is 0. The van der Waals surface area contributed by atoms with E-state index in [0.717, 1.165) is 25.7 Å². The second-order valence-electron chi connectivity index (χ2n) is 4.06. The van der Waals surface area contributed by atoms with Crippen molar-refractivity contribution in [2.75, 3.05) is 0 Å². The van der Waals surface area contributed by atoms with Crippen molar-refractivity contribution in [1.29, 1.82) is 0 Å². The van der Waals surface area contributed by atoms with Crippen LogP contribution in [-0.2, 0) is 0 Å². The number of hydrogen-bond donors (Lipinski definition) is 2. The van der Waals surface area contributed by atoms with Crippen LogP contribution in [0.5, 0.6) is 0 Å². The lowest BCUT2D eigenvalue weighted by molar-refractivity contribution is 0.395. The third-order valence-corrected chi connectivity index (χ3v) is 2.84. The maximum absolute atomic E-state index is 5.83. The largest absolute Gasteiger partial charge is 0.461 e. The van der Waals surface area contributed by atoms with Gasteiger partial charge >= 0.3 is 0 Å². The smallest absolute Gasteiger partial charge is 0.168 e. The number of hydrogen-bond acceptors (Lipinski definition) is 3. The first-order valence-corrected chi connectivity index (χ1v) is 5.38. The van der Waals surface area contributed by atoms with Crippen LogP contribution in [0.3, 0.4) is 0 Å². The molecule has 0 radical (unpaired) electrons. The summed E-state index contributed by atoms with van der Waals surface area (Å²) < 4.78 is 5.18. The first-order chi connectivity index (χ1) is 7.25. The number of nitrogens with zero attached hydrogens (tertiary/aromatic N) is 1. The molecule has 0 unspecified atom stereocenters. The van der Waals surface area contributed by atoms with E-state index in [2.05, 4.69) is 4.99 Å². The van der Waals surface area contributed by atoms with E-state index in [0.29, 0.717) is 23.7 Å². The molecule has 0 aromatic carbocycles. The summed E-state index contributed by atoms with van der Waals surface area (Å²) in [5, 5.41) is 0. The van der Waals surface area contributed by atoms with Crippen LogP contribution in [0.1, 0.15) is 31.4 Å². The molecule has 0 atom stereocenters. The molecule has 1 aliphatic carbocycles. The van der Waals surface area contributed by atoms with Gasteiger partial charge in [0.05, 0.1) is 12.3 Å². The van der Waals surface area contributed by atoms with Crippen molar-refractivity contribution in [2.24, 2.45) is 16.5 Å². The molecule has 1 saturated carbocycles. The van der Waals surface area contributed by atoms with E-state index in [1.807, 2.05) is 12.1 Å². The standard InChI is InChI=1S/C11H17N3O/c12-8-3-5-9(6-4-8)14-11(13)10-2-1-7-15-10/h1-2,7-9H,3-6,12H2,(H2,13,14). The van der Waals surface area contributed by atoms with Crippen LogP contribution >= 0.6 is 0 Å². The topological polar surface area (TPSA) is 77.5 Å². The van der Waals surface area contributed by atoms with Crippen molar-refractivity contribution in [3.8, 4) is 0 Å². The van der Waals surface area contributed by atoms with E-state index < -0.39 is 0 Å². The molecule has 0 amide bonds. The zero-order chi connectivity index (χ0) is 10.7. The Bertz CT molecular complexity index is 324. The van der Waals surface area contributed by atoms with E-state index >= 15 is 0 Å². The minimum Gasteiger partial charge on any atom is -0.461 e. The average Bonchev–Trinajstić information content (AvgIpc) is 2.74. The Balaban J connectivity index is 1.98. The van der Waals surface area contributed by atoms with Gasteiger partial charge in [-0.1, -0.05) is 0 Å². The van der Waals surface area contributed by atoms with Crippen molar-refractivity contribution in [3.63, 3.8) is 0 Å². The summed E-state index contributed by atoms with van der Waals surface area (Å²) in [6.07, 6.45) is 5.75. The third-order valence-electron chi connectivity index (χ3n) is 2.84. The fourth-order valence-corrected chi connectivity index (χ4v) is 1.92. The highest BCUT2D eigenvalue weighted by Gasteiger charge is 2.18. The fraction of sp³-hybridized carbons (Fsp3) is 0.545. The van der Waals surface area contributed by atoms with Crippen LogP contribution < -0.4 is 11.5 Å². The minimum absolute atomic E-state index is 0.315. The maximum Gasteiger partial charge on any atom is 0.168 e. The first-order valence-electron chi connectivity index (χ1n) is 5.38. The highest BCUT2D eigenvalue weighted by molar-refractivity contribution is 5.94. The quantitative estimate of drug-likeness (QED) is 0.566. The Kier molecular flexibility index (Phi) is 3.06. The Morgan fingerprint density at radius 2 is 2.07 bits per heavy atom. The number of nitrogens with two attached hydrogens (primary N) is 2. The van der Waals surface area contributed by atoms with Gasteiger partial charge in [0.2, 0.25) is 0 Å². The molecule has 1 fully saturated rings. The first kappa shape index (κ1) is 10.2. The summed E-state index contributed by atoms with van der Waals surface area (Å²) in [6, 6.07) is 4.30. The molecule has 4 N–H and O–H groups in total. The maximum atomic E-state index is 5.83. The molecule has 15 heavy (non-hydrogen) atoms. The molecule has 2 rings (SSSR count). The van der Waals surface area contributed by atoms with Gasteiger partial charge in [-0.15, -0.1) is 0 Å². The van der Waals surface area contributed by atoms with Gasteiger partial charge in [0.1, 0.15) is 0 Å². The second-order valence-corrected chi connectivity index (χ2v) is 4.06. The lowest BCUT2D eigenvalue weighted by Gasteiger charge is -2.23. The lowest BCUT2D eigenvalue weighted by Crippen LogP contribution is -2.29. The van der Waals surface area contributed by atoms with E-state index in [4.69, 9.17) is 15.9 Å². The molecule has 1 aromatic heterocycles. The normalized spacial score (nSPS) is 27.9. The molecule has 0 spiro atoms. The van der Waals surface area contributed by atoms with Gasteiger partial charge in [-0.25, -0.2) is 0 Å². The SMILES string of the molecule is NC(=NC1CCC(N)CC1)c1ccco1. The molecule has 1 heterocycles. The van der Waals surface area contributed by atoms with Gasteiger partial charge in [0, 0.05) is 6.04 Å². The molecule has 1 aliphatic rings. The van der Waals surface area contributed by atoms with Crippen molar-refractivity contribution >= 4 is 5.84 Å². The number of furan rings is 1. The van der Waals surface area contributed by atoms with E-state index in [1.54, 1.807) is 6.26 Å². The van der Waals surface area contributed by atoms with Gasteiger partial charge < -0.3 is 15.9 Å². The molecule has 1 aromatic rings. The second kappa shape index (κ2) is 4.49. The fourth-order valence-electron chi connectivity index (χ4n) is 1.92. The Labute approximate surface area is 89.3 Å². The van der Waals surface area contributed by atoms with Crippen molar-refractivity contribution < 1.29 is 4.42 Å². The summed E-state index contributed by atoms with van der Waals surface area (Å²) in [5.41, 5.74) is 11.7. The Morgan fingerprint density at radius 3 is 2.67 bits per heavy atom. The highest BCUT2D eigenvalue weighted by Crippen LogP contribution is 2.20. The average molecular weight is 207 g/mol. The van der Waals surface area contributed by atoms with Gasteiger partial charge in [0.15, 0.2) is 11.6 Å². The molecule has 0 bridgehead atoms. The third kappa shape index (κ3) is 2.59. The Hall–Kier alpha value is -1.29. The van der Waals surface area contributed by atoms with Gasteiger partial charge in [-0.2, -0.15) is 0 Å². The summed E-state index contributed by atoms with van der Waals surface area (Å²) in [4.78, 5) is 4.46. The predicted molar refractivity (Wildman–Crippen MR) is 59.7 cm³/mol. The molecule has 82 valence electrons. The molecular weight excluding hydrogens is 190 g/mol. The Morgan fingerprint density at radius 1 is 1.33 bits per heavy atom. The number of rotatable bonds is 2.